The molecule has 1 saturated heterocycles. The van der Waals surface area contributed by atoms with E-state index in [1.807, 2.05) is 0 Å². The van der Waals surface area contributed by atoms with E-state index in [-0.39, 0.29) is 5.41 Å². The summed E-state index contributed by atoms with van der Waals surface area (Å²) in [6, 6.07) is 0. The zero-order chi connectivity index (χ0) is 10.9. The van der Waals surface area contributed by atoms with Gasteiger partial charge in [-0.15, -0.1) is 0 Å². The minimum atomic E-state index is 0.281. The van der Waals surface area contributed by atoms with Crippen LogP contribution in [0.4, 0.5) is 0 Å². The maximum Gasteiger partial charge on any atom is 0.133 e. The molecule has 1 nitrogen and oxygen atoms in total. The molecule has 0 aromatic rings. The highest BCUT2D eigenvalue weighted by Crippen LogP contribution is 2.38. The van der Waals surface area contributed by atoms with Crippen LogP contribution in [0.25, 0.3) is 0 Å². The zero-order valence-electron chi connectivity index (χ0n) is 10.1. The van der Waals surface area contributed by atoms with Crippen molar-refractivity contribution in [1.82, 2.24) is 0 Å². The van der Waals surface area contributed by atoms with Crippen LogP contribution < -0.4 is 0 Å². The fourth-order valence-corrected chi connectivity index (χ4v) is 5.85. The first-order valence-electron chi connectivity index (χ1n) is 6.21. The van der Waals surface area contributed by atoms with Crippen molar-refractivity contribution in [2.45, 2.75) is 46.0 Å². The summed E-state index contributed by atoms with van der Waals surface area (Å²) in [6.07, 6.45) is 5.85. The molecule has 1 aliphatic heterocycles. The molecule has 15 heavy (non-hydrogen) atoms. The third-order valence-corrected chi connectivity index (χ3v) is 6.30. The minimum absolute atomic E-state index is 0.281. The molecule has 1 unspecified atom stereocenters. The van der Waals surface area contributed by atoms with E-state index in [0.29, 0.717) is 22.6 Å². The molecule has 2 fully saturated rings. The van der Waals surface area contributed by atoms with E-state index in [4.69, 9.17) is 0 Å². The Labute approximate surface area is 96.4 Å². The summed E-state index contributed by atoms with van der Waals surface area (Å²) in [7, 11) is 0.675. The highest BCUT2D eigenvalue weighted by Gasteiger charge is 2.37. The number of rotatable bonds is 2. The fourth-order valence-electron chi connectivity index (χ4n) is 3.19. The highest BCUT2D eigenvalue weighted by atomic mass is 32.2. The summed E-state index contributed by atoms with van der Waals surface area (Å²) < 4.78 is 0. The molecule has 0 bridgehead atoms. The van der Waals surface area contributed by atoms with Crippen molar-refractivity contribution in [1.29, 1.82) is 0 Å². The van der Waals surface area contributed by atoms with Crippen molar-refractivity contribution >= 4 is 16.7 Å². The van der Waals surface area contributed by atoms with Crippen LogP contribution in [0, 0.1) is 11.3 Å². The number of ketones is 1. The van der Waals surface area contributed by atoms with Gasteiger partial charge in [-0.25, -0.2) is 0 Å². The third-order valence-electron chi connectivity index (χ3n) is 3.62. The second kappa shape index (κ2) is 4.48. The van der Waals surface area contributed by atoms with Gasteiger partial charge in [-0.2, -0.15) is 0 Å². The first kappa shape index (κ1) is 11.5. The van der Waals surface area contributed by atoms with E-state index in [1.165, 1.54) is 36.5 Å². The van der Waals surface area contributed by atoms with Crippen LogP contribution in [0.3, 0.4) is 0 Å². The van der Waals surface area contributed by atoms with E-state index >= 15 is 0 Å². The molecule has 1 saturated carbocycles. The van der Waals surface area contributed by atoms with Gasteiger partial charge in [-0.1, -0.05) is 13.8 Å². The van der Waals surface area contributed by atoms with Gasteiger partial charge >= 0.3 is 0 Å². The Morgan fingerprint density at radius 3 is 2.60 bits per heavy atom. The smallest absolute Gasteiger partial charge is 0.133 e. The first-order chi connectivity index (χ1) is 7.05. The molecule has 1 heterocycles. The maximum atomic E-state index is 11.7. The maximum absolute atomic E-state index is 11.7. The molecule has 2 heteroatoms. The lowest BCUT2D eigenvalue weighted by Gasteiger charge is -2.33. The van der Waals surface area contributed by atoms with Crippen LogP contribution in [0.2, 0.25) is 0 Å². The van der Waals surface area contributed by atoms with Gasteiger partial charge in [0.1, 0.15) is 23.0 Å². The van der Waals surface area contributed by atoms with Gasteiger partial charge in [-0.3, -0.25) is 4.79 Å². The predicted molar refractivity (Wildman–Crippen MR) is 67.3 cm³/mol. The SMILES string of the molecule is CC1(C)CC(=O)CC(C[S+]2CCCC2)C1. The van der Waals surface area contributed by atoms with Crippen LogP contribution >= 0.6 is 0 Å². The van der Waals surface area contributed by atoms with E-state index < -0.39 is 0 Å². The van der Waals surface area contributed by atoms with Crippen molar-refractivity contribution in [2.24, 2.45) is 11.3 Å². The van der Waals surface area contributed by atoms with Crippen LogP contribution in [0.5, 0.6) is 0 Å². The van der Waals surface area contributed by atoms with Crippen molar-refractivity contribution < 1.29 is 4.79 Å². The van der Waals surface area contributed by atoms with Crippen molar-refractivity contribution in [3.8, 4) is 0 Å². The summed E-state index contributed by atoms with van der Waals surface area (Å²) >= 11 is 0. The van der Waals surface area contributed by atoms with Crippen LogP contribution in [0.1, 0.15) is 46.0 Å². The Morgan fingerprint density at radius 2 is 2.00 bits per heavy atom. The molecule has 2 aliphatic rings. The lowest BCUT2D eigenvalue weighted by molar-refractivity contribution is -0.124. The number of Topliss-reactive ketones (excluding diaryl/α,β-unsaturated/α-hetero) is 1. The van der Waals surface area contributed by atoms with Crippen LogP contribution in [-0.4, -0.2) is 23.0 Å². The van der Waals surface area contributed by atoms with Gasteiger partial charge in [0.2, 0.25) is 0 Å². The molecule has 0 N–H and O–H groups in total. The lowest BCUT2D eigenvalue weighted by atomic mass is 9.72. The lowest BCUT2D eigenvalue weighted by Crippen LogP contribution is -2.32. The normalized spacial score (nSPS) is 32.1. The van der Waals surface area contributed by atoms with Crippen molar-refractivity contribution in [2.75, 3.05) is 17.3 Å². The molecule has 0 aromatic heterocycles. The second-order valence-corrected chi connectivity index (χ2v) is 8.42. The van der Waals surface area contributed by atoms with E-state index in [1.54, 1.807) is 0 Å². The number of hydrogen-bond donors (Lipinski definition) is 0. The monoisotopic (exact) mass is 227 g/mol. The van der Waals surface area contributed by atoms with E-state index in [0.717, 1.165) is 12.8 Å². The zero-order valence-corrected chi connectivity index (χ0v) is 10.9. The molecule has 2 rings (SSSR count). The average Bonchev–Trinajstić information content (AvgIpc) is 2.52. The highest BCUT2D eigenvalue weighted by molar-refractivity contribution is 7.97. The standard InChI is InChI=1S/C13H23OS/c1-13(2)8-11(7-12(14)9-13)10-15-5-3-4-6-15/h11H,3-10H2,1-2H3/q+1. The molecule has 1 atom stereocenters. The van der Waals surface area contributed by atoms with Gasteiger partial charge in [-0.05, 0) is 35.6 Å². The summed E-state index contributed by atoms with van der Waals surface area (Å²) in [4.78, 5) is 11.7. The molecular weight excluding hydrogens is 204 g/mol. The van der Waals surface area contributed by atoms with E-state index in [9.17, 15) is 4.79 Å². The van der Waals surface area contributed by atoms with Crippen LogP contribution in [0.15, 0.2) is 0 Å². The third kappa shape index (κ3) is 3.24. The molecule has 0 aromatic carbocycles. The topological polar surface area (TPSA) is 17.1 Å². The molecule has 0 amide bonds. The predicted octanol–water partition coefficient (Wildman–Crippen LogP) is 2.79. The van der Waals surface area contributed by atoms with Gasteiger partial charge < -0.3 is 0 Å². The fraction of sp³-hybridized carbons (Fsp3) is 0.923. The molecule has 0 spiro atoms. The number of carbonyl (C=O) groups excluding carboxylic acids is 1. The Bertz CT molecular complexity index is 241. The van der Waals surface area contributed by atoms with Gasteiger partial charge in [0.05, 0.1) is 0 Å². The largest absolute Gasteiger partial charge is 0.300 e. The minimum Gasteiger partial charge on any atom is -0.300 e. The quantitative estimate of drug-likeness (QED) is 0.663. The first-order valence-corrected chi connectivity index (χ1v) is 7.94. The molecule has 1 aliphatic carbocycles. The number of carbonyl (C=O) groups is 1. The summed E-state index contributed by atoms with van der Waals surface area (Å²) in [5.74, 6) is 5.48. The average molecular weight is 227 g/mol. The second-order valence-electron chi connectivity index (χ2n) is 6.05. The summed E-state index contributed by atoms with van der Waals surface area (Å²) in [5.41, 5.74) is 0.281. The van der Waals surface area contributed by atoms with Gasteiger partial charge in [0, 0.05) is 18.8 Å². The Balaban J connectivity index is 1.88. The van der Waals surface area contributed by atoms with Crippen molar-refractivity contribution in [3.05, 3.63) is 0 Å². The van der Waals surface area contributed by atoms with Crippen molar-refractivity contribution in [3.63, 3.8) is 0 Å². The molecule has 86 valence electrons. The molecule has 0 radical (unpaired) electrons. The Hall–Kier alpha value is 0.0200. The summed E-state index contributed by atoms with van der Waals surface area (Å²) in [6.45, 7) is 4.52. The summed E-state index contributed by atoms with van der Waals surface area (Å²) in [5, 5.41) is 0. The van der Waals surface area contributed by atoms with Crippen LogP contribution in [-0.2, 0) is 15.7 Å². The number of hydrogen-bond acceptors (Lipinski definition) is 1. The van der Waals surface area contributed by atoms with Gasteiger partial charge in [0.15, 0.2) is 0 Å². The molecular formula is C13H23OS+. The Kier molecular flexibility index (Phi) is 3.44. The van der Waals surface area contributed by atoms with E-state index in [2.05, 4.69) is 13.8 Å². The van der Waals surface area contributed by atoms with Gasteiger partial charge in [0.25, 0.3) is 0 Å². The Morgan fingerprint density at radius 1 is 1.33 bits per heavy atom.